The Labute approximate surface area is 125 Å². The minimum absolute atomic E-state index is 0.149. The Hall–Kier alpha value is -2.29. The largest absolute Gasteiger partial charge is 0.385 e. The van der Waals surface area contributed by atoms with Gasteiger partial charge in [0.25, 0.3) is 0 Å². The normalized spacial score (nSPS) is 11.7. The molecule has 0 atom stereocenters. The summed E-state index contributed by atoms with van der Waals surface area (Å²) in [6.45, 7) is 0.669. The molecule has 21 heavy (non-hydrogen) atoms. The molecule has 0 bridgehead atoms. The van der Waals surface area contributed by atoms with Crippen LogP contribution in [0.1, 0.15) is 17.5 Å². The van der Waals surface area contributed by atoms with Crippen LogP contribution in [-0.2, 0) is 11.2 Å². The first-order valence-electron chi connectivity index (χ1n) is 7.30. The summed E-state index contributed by atoms with van der Waals surface area (Å²) in [7, 11) is 3.57. The highest BCUT2D eigenvalue weighted by Crippen LogP contribution is 2.37. The SMILES string of the molecule is CN(C)C(=O)CCNc1ccc2c(c1)Cc1ccccc1-2. The van der Waals surface area contributed by atoms with E-state index in [9.17, 15) is 4.79 Å². The number of hydrogen-bond acceptors (Lipinski definition) is 2. The third-order valence-corrected chi connectivity index (χ3v) is 3.96. The third-order valence-electron chi connectivity index (χ3n) is 3.96. The van der Waals surface area contributed by atoms with Gasteiger partial charge in [-0.3, -0.25) is 4.79 Å². The second kappa shape index (κ2) is 5.60. The van der Waals surface area contributed by atoms with Gasteiger partial charge in [-0.2, -0.15) is 0 Å². The third kappa shape index (κ3) is 2.77. The van der Waals surface area contributed by atoms with Crippen molar-refractivity contribution in [1.29, 1.82) is 0 Å². The van der Waals surface area contributed by atoms with Crippen LogP contribution in [0, 0.1) is 0 Å². The summed E-state index contributed by atoms with van der Waals surface area (Å²) in [6.07, 6.45) is 1.52. The molecule has 0 aliphatic heterocycles. The molecule has 1 aliphatic rings. The van der Waals surface area contributed by atoms with E-state index in [2.05, 4.69) is 47.8 Å². The van der Waals surface area contributed by atoms with Crippen molar-refractivity contribution in [2.45, 2.75) is 12.8 Å². The highest BCUT2D eigenvalue weighted by Gasteiger charge is 2.17. The smallest absolute Gasteiger partial charge is 0.223 e. The summed E-state index contributed by atoms with van der Waals surface area (Å²) in [4.78, 5) is 13.2. The molecular weight excluding hydrogens is 260 g/mol. The lowest BCUT2D eigenvalue weighted by atomic mass is 10.1. The Balaban J connectivity index is 1.68. The molecule has 0 fully saturated rings. The van der Waals surface area contributed by atoms with E-state index >= 15 is 0 Å². The second-order valence-corrected chi connectivity index (χ2v) is 5.67. The average molecular weight is 280 g/mol. The van der Waals surface area contributed by atoms with Crippen molar-refractivity contribution in [3.63, 3.8) is 0 Å². The van der Waals surface area contributed by atoms with Crippen LogP contribution in [0.4, 0.5) is 5.69 Å². The van der Waals surface area contributed by atoms with Crippen molar-refractivity contribution in [3.8, 4) is 11.1 Å². The molecule has 0 spiro atoms. The van der Waals surface area contributed by atoms with Crippen molar-refractivity contribution in [3.05, 3.63) is 53.6 Å². The first-order chi connectivity index (χ1) is 10.1. The van der Waals surface area contributed by atoms with Gasteiger partial charge in [0.2, 0.25) is 5.91 Å². The lowest BCUT2D eigenvalue weighted by molar-refractivity contribution is -0.128. The van der Waals surface area contributed by atoms with Gasteiger partial charge in [0.1, 0.15) is 0 Å². The highest BCUT2D eigenvalue weighted by atomic mass is 16.2. The number of carbonyl (C=O) groups is 1. The van der Waals surface area contributed by atoms with Crippen LogP contribution >= 0.6 is 0 Å². The summed E-state index contributed by atoms with van der Waals surface area (Å²) >= 11 is 0. The summed E-state index contributed by atoms with van der Waals surface area (Å²) < 4.78 is 0. The van der Waals surface area contributed by atoms with Crippen LogP contribution in [-0.4, -0.2) is 31.4 Å². The predicted molar refractivity (Wildman–Crippen MR) is 86.5 cm³/mol. The molecule has 0 unspecified atom stereocenters. The molecule has 0 aromatic heterocycles. The first-order valence-corrected chi connectivity index (χ1v) is 7.30. The summed E-state index contributed by atoms with van der Waals surface area (Å²) in [5, 5.41) is 3.34. The standard InChI is InChI=1S/C18H20N2O/c1-20(2)18(21)9-10-19-15-7-8-17-14(12-15)11-13-5-3-4-6-16(13)17/h3-8,12,19H,9-11H2,1-2H3. The summed E-state index contributed by atoms with van der Waals surface area (Å²) in [5.74, 6) is 0.149. The van der Waals surface area contributed by atoms with E-state index in [1.54, 1.807) is 19.0 Å². The number of amides is 1. The molecule has 3 heteroatoms. The van der Waals surface area contributed by atoms with E-state index in [-0.39, 0.29) is 5.91 Å². The molecule has 3 rings (SSSR count). The van der Waals surface area contributed by atoms with Gasteiger partial charge in [0, 0.05) is 32.7 Å². The fourth-order valence-electron chi connectivity index (χ4n) is 2.79. The molecule has 0 heterocycles. The van der Waals surface area contributed by atoms with Gasteiger partial charge in [0.15, 0.2) is 0 Å². The maximum absolute atomic E-state index is 11.6. The topological polar surface area (TPSA) is 32.3 Å². The zero-order valence-corrected chi connectivity index (χ0v) is 12.5. The van der Waals surface area contributed by atoms with Crippen LogP contribution in [0.15, 0.2) is 42.5 Å². The first kappa shape index (κ1) is 13.7. The number of fused-ring (bicyclic) bond motifs is 3. The van der Waals surface area contributed by atoms with Crippen LogP contribution in [0.2, 0.25) is 0 Å². The van der Waals surface area contributed by atoms with Crippen molar-refractivity contribution in [2.75, 3.05) is 26.0 Å². The molecule has 2 aromatic carbocycles. The summed E-state index contributed by atoms with van der Waals surface area (Å²) in [5.41, 5.74) is 6.53. The molecule has 0 saturated carbocycles. The molecule has 1 aliphatic carbocycles. The lowest BCUT2D eigenvalue weighted by Crippen LogP contribution is -2.23. The highest BCUT2D eigenvalue weighted by molar-refractivity contribution is 5.79. The van der Waals surface area contributed by atoms with Crippen LogP contribution < -0.4 is 5.32 Å². The van der Waals surface area contributed by atoms with E-state index in [0.717, 1.165) is 12.1 Å². The molecular formula is C18H20N2O. The number of anilines is 1. The van der Waals surface area contributed by atoms with E-state index in [4.69, 9.17) is 0 Å². The fraction of sp³-hybridized carbons (Fsp3) is 0.278. The molecule has 108 valence electrons. The molecule has 1 N–H and O–H groups in total. The number of nitrogens with zero attached hydrogens (tertiary/aromatic N) is 1. The number of benzene rings is 2. The maximum atomic E-state index is 11.6. The van der Waals surface area contributed by atoms with Crippen molar-refractivity contribution in [2.24, 2.45) is 0 Å². The Kier molecular flexibility index (Phi) is 3.65. The molecule has 2 aromatic rings. The number of hydrogen-bond donors (Lipinski definition) is 1. The van der Waals surface area contributed by atoms with Gasteiger partial charge in [-0.1, -0.05) is 30.3 Å². The Morgan fingerprint density at radius 1 is 1.10 bits per heavy atom. The second-order valence-electron chi connectivity index (χ2n) is 5.67. The van der Waals surface area contributed by atoms with Crippen molar-refractivity contribution < 1.29 is 4.79 Å². The van der Waals surface area contributed by atoms with E-state index in [1.165, 1.54) is 22.3 Å². The van der Waals surface area contributed by atoms with Gasteiger partial charge < -0.3 is 10.2 Å². The van der Waals surface area contributed by atoms with Crippen LogP contribution in [0.5, 0.6) is 0 Å². The van der Waals surface area contributed by atoms with Crippen molar-refractivity contribution >= 4 is 11.6 Å². The fourth-order valence-corrected chi connectivity index (χ4v) is 2.79. The Morgan fingerprint density at radius 3 is 2.67 bits per heavy atom. The van der Waals surface area contributed by atoms with Gasteiger partial charge in [-0.15, -0.1) is 0 Å². The number of rotatable bonds is 4. The molecule has 1 amide bonds. The minimum atomic E-state index is 0.149. The van der Waals surface area contributed by atoms with Crippen LogP contribution in [0.3, 0.4) is 0 Å². The molecule has 0 saturated heterocycles. The molecule has 3 nitrogen and oxygen atoms in total. The zero-order chi connectivity index (χ0) is 14.8. The van der Waals surface area contributed by atoms with Gasteiger partial charge in [0.05, 0.1) is 0 Å². The average Bonchev–Trinajstić information content (AvgIpc) is 2.84. The quantitative estimate of drug-likeness (QED) is 0.796. The van der Waals surface area contributed by atoms with E-state index in [0.29, 0.717) is 13.0 Å². The van der Waals surface area contributed by atoms with Gasteiger partial charge >= 0.3 is 0 Å². The van der Waals surface area contributed by atoms with E-state index in [1.807, 2.05) is 0 Å². The molecule has 0 radical (unpaired) electrons. The Bertz CT molecular complexity index is 677. The number of nitrogens with one attached hydrogen (secondary N) is 1. The Morgan fingerprint density at radius 2 is 1.86 bits per heavy atom. The van der Waals surface area contributed by atoms with Gasteiger partial charge in [-0.05, 0) is 40.8 Å². The minimum Gasteiger partial charge on any atom is -0.385 e. The van der Waals surface area contributed by atoms with Crippen LogP contribution in [0.25, 0.3) is 11.1 Å². The maximum Gasteiger partial charge on any atom is 0.223 e. The lowest BCUT2D eigenvalue weighted by Gasteiger charge is -2.12. The summed E-state index contributed by atoms with van der Waals surface area (Å²) in [6, 6.07) is 15.0. The zero-order valence-electron chi connectivity index (χ0n) is 12.5. The number of carbonyl (C=O) groups excluding carboxylic acids is 1. The predicted octanol–water partition coefficient (Wildman–Crippen LogP) is 3.15. The van der Waals surface area contributed by atoms with Crippen molar-refractivity contribution in [1.82, 2.24) is 4.90 Å². The van der Waals surface area contributed by atoms with Gasteiger partial charge in [-0.25, -0.2) is 0 Å². The van der Waals surface area contributed by atoms with E-state index < -0.39 is 0 Å². The monoisotopic (exact) mass is 280 g/mol.